The predicted molar refractivity (Wildman–Crippen MR) is 81.4 cm³/mol. The molecule has 0 atom stereocenters. The Hall–Kier alpha value is -2.87. The minimum atomic E-state index is -0.413. The number of H-pyrrole nitrogens is 1. The Morgan fingerprint density at radius 3 is 3.00 bits per heavy atom. The fraction of sp³-hybridized carbons (Fsp3) is 0. The molecule has 0 aliphatic carbocycles. The Bertz CT molecular complexity index is 1010. The summed E-state index contributed by atoms with van der Waals surface area (Å²) in [4.78, 5) is 27.4. The number of thiazole rings is 1. The zero-order chi connectivity index (χ0) is 15.1. The van der Waals surface area contributed by atoms with Crippen molar-refractivity contribution in [3.8, 4) is 0 Å². The standard InChI is InChI=1S/C14H8FN5OS/c15-7-2-1-3-10-11(7)19-14(22-10)20-13(21)9-5-4-8-12(18-9)17-6-16-8/h1-6H,(H,16,17,18)(H,19,20,21). The summed E-state index contributed by atoms with van der Waals surface area (Å²) in [5, 5.41) is 2.96. The lowest BCUT2D eigenvalue weighted by Gasteiger charge is -2.00. The molecule has 0 saturated heterocycles. The molecule has 0 radical (unpaired) electrons. The van der Waals surface area contributed by atoms with Crippen LogP contribution in [-0.4, -0.2) is 25.8 Å². The van der Waals surface area contributed by atoms with Crippen molar-refractivity contribution in [3.05, 3.63) is 48.2 Å². The number of benzene rings is 1. The number of carbonyl (C=O) groups excluding carboxylic acids is 1. The summed E-state index contributed by atoms with van der Waals surface area (Å²) in [5.74, 6) is -0.824. The van der Waals surface area contributed by atoms with Crippen molar-refractivity contribution in [1.82, 2.24) is 19.9 Å². The molecule has 8 heteroatoms. The van der Waals surface area contributed by atoms with Gasteiger partial charge in [-0.1, -0.05) is 17.4 Å². The number of aromatic amines is 1. The third-order valence-electron chi connectivity index (χ3n) is 3.10. The number of hydrogen-bond donors (Lipinski definition) is 2. The molecular formula is C14H8FN5OS. The van der Waals surface area contributed by atoms with E-state index in [0.717, 1.165) is 5.52 Å². The molecule has 0 unspecified atom stereocenters. The summed E-state index contributed by atoms with van der Waals surface area (Å²) >= 11 is 1.21. The molecule has 3 aromatic heterocycles. The molecule has 1 aromatic carbocycles. The highest BCUT2D eigenvalue weighted by Crippen LogP contribution is 2.27. The lowest BCUT2D eigenvalue weighted by Crippen LogP contribution is -2.13. The summed E-state index contributed by atoms with van der Waals surface area (Å²) in [6.45, 7) is 0. The number of halogens is 1. The lowest BCUT2D eigenvalue weighted by molar-refractivity contribution is 0.102. The van der Waals surface area contributed by atoms with E-state index in [1.807, 2.05) is 0 Å². The fourth-order valence-electron chi connectivity index (χ4n) is 2.08. The van der Waals surface area contributed by atoms with Crippen LogP contribution in [-0.2, 0) is 0 Å². The van der Waals surface area contributed by atoms with E-state index >= 15 is 0 Å². The Balaban J connectivity index is 1.66. The second-order valence-corrected chi connectivity index (χ2v) is 5.56. The van der Waals surface area contributed by atoms with Crippen molar-refractivity contribution < 1.29 is 9.18 Å². The molecule has 0 aliphatic rings. The van der Waals surface area contributed by atoms with E-state index < -0.39 is 11.7 Å². The molecule has 3 heterocycles. The zero-order valence-electron chi connectivity index (χ0n) is 11.0. The number of nitrogens with one attached hydrogen (secondary N) is 2. The maximum absolute atomic E-state index is 13.6. The molecule has 4 aromatic rings. The maximum atomic E-state index is 13.6. The molecule has 6 nitrogen and oxygen atoms in total. The number of anilines is 1. The molecule has 0 aliphatic heterocycles. The number of fused-ring (bicyclic) bond motifs is 2. The summed E-state index contributed by atoms with van der Waals surface area (Å²) in [6.07, 6.45) is 1.51. The van der Waals surface area contributed by atoms with Gasteiger partial charge in [-0.2, -0.15) is 0 Å². The van der Waals surface area contributed by atoms with Crippen molar-refractivity contribution in [2.24, 2.45) is 0 Å². The average Bonchev–Trinajstić information content (AvgIpc) is 3.13. The number of nitrogens with zero attached hydrogens (tertiary/aromatic N) is 3. The molecule has 0 spiro atoms. The van der Waals surface area contributed by atoms with E-state index in [1.165, 1.54) is 23.7 Å². The van der Waals surface area contributed by atoms with Gasteiger partial charge in [-0.3, -0.25) is 10.1 Å². The number of amides is 1. The first-order chi connectivity index (χ1) is 10.7. The van der Waals surface area contributed by atoms with Crippen LogP contribution in [0.15, 0.2) is 36.7 Å². The average molecular weight is 313 g/mol. The summed E-state index contributed by atoms with van der Waals surface area (Å²) in [6, 6.07) is 8.00. The van der Waals surface area contributed by atoms with Crippen LogP contribution in [0.5, 0.6) is 0 Å². The topological polar surface area (TPSA) is 83.6 Å². The molecular weight excluding hydrogens is 305 g/mol. The van der Waals surface area contributed by atoms with Gasteiger partial charge in [0, 0.05) is 0 Å². The minimum Gasteiger partial charge on any atom is -0.343 e. The molecule has 2 N–H and O–H groups in total. The Morgan fingerprint density at radius 1 is 1.23 bits per heavy atom. The van der Waals surface area contributed by atoms with Crippen molar-refractivity contribution in [1.29, 1.82) is 0 Å². The number of imidazole rings is 1. The van der Waals surface area contributed by atoms with Gasteiger partial charge in [0.2, 0.25) is 0 Å². The third kappa shape index (κ3) is 2.09. The van der Waals surface area contributed by atoms with E-state index in [1.54, 1.807) is 24.3 Å². The minimum absolute atomic E-state index is 0.222. The SMILES string of the molecule is O=C(Nc1nc2c(F)cccc2s1)c1ccc2[nH]cnc2n1. The van der Waals surface area contributed by atoms with Gasteiger partial charge in [0.25, 0.3) is 5.91 Å². The molecule has 22 heavy (non-hydrogen) atoms. The second-order valence-electron chi connectivity index (χ2n) is 4.53. The monoisotopic (exact) mass is 313 g/mol. The van der Waals surface area contributed by atoms with Crippen LogP contribution in [0.25, 0.3) is 21.4 Å². The van der Waals surface area contributed by atoms with Crippen LogP contribution in [0.2, 0.25) is 0 Å². The Labute approximate surface area is 127 Å². The molecule has 4 rings (SSSR count). The highest BCUT2D eigenvalue weighted by molar-refractivity contribution is 7.22. The quantitative estimate of drug-likeness (QED) is 0.596. The highest BCUT2D eigenvalue weighted by Gasteiger charge is 2.13. The summed E-state index contributed by atoms with van der Waals surface area (Å²) in [5.41, 5.74) is 1.68. The number of rotatable bonds is 2. The number of hydrogen-bond acceptors (Lipinski definition) is 5. The van der Waals surface area contributed by atoms with Crippen LogP contribution in [0.1, 0.15) is 10.5 Å². The summed E-state index contributed by atoms with van der Waals surface area (Å²) in [7, 11) is 0. The summed E-state index contributed by atoms with van der Waals surface area (Å²) < 4.78 is 14.3. The number of para-hydroxylation sites is 1. The van der Waals surface area contributed by atoms with Crippen molar-refractivity contribution in [2.45, 2.75) is 0 Å². The molecule has 0 bridgehead atoms. The first-order valence-corrected chi connectivity index (χ1v) is 7.19. The van der Waals surface area contributed by atoms with Gasteiger partial charge >= 0.3 is 0 Å². The van der Waals surface area contributed by atoms with Gasteiger partial charge in [-0.15, -0.1) is 0 Å². The smallest absolute Gasteiger partial charge is 0.276 e. The van der Waals surface area contributed by atoms with Gasteiger partial charge < -0.3 is 4.98 Å². The van der Waals surface area contributed by atoms with Crippen LogP contribution in [0, 0.1) is 5.82 Å². The second kappa shape index (κ2) is 4.85. The van der Waals surface area contributed by atoms with Crippen molar-refractivity contribution in [3.63, 3.8) is 0 Å². The predicted octanol–water partition coefficient (Wildman–Crippen LogP) is 2.96. The molecule has 0 saturated carbocycles. The van der Waals surface area contributed by atoms with Crippen LogP contribution >= 0.6 is 11.3 Å². The molecule has 0 fully saturated rings. The van der Waals surface area contributed by atoms with E-state index in [2.05, 4.69) is 25.3 Å². The number of aromatic nitrogens is 4. The van der Waals surface area contributed by atoms with Crippen LogP contribution in [0.3, 0.4) is 0 Å². The number of pyridine rings is 1. The van der Waals surface area contributed by atoms with E-state index in [4.69, 9.17) is 0 Å². The maximum Gasteiger partial charge on any atom is 0.276 e. The van der Waals surface area contributed by atoms with E-state index in [9.17, 15) is 9.18 Å². The lowest BCUT2D eigenvalue weighted by atomic mass is 10.3. The van der Waals surface area contributed by atoms with Gasteiger partial charge in [0.1, 0.15) is 17.0 Å². The van der Waals surface area contributed by atoms with Gasteiger partial charge in [-0.05, 0) is 24.3 Å². The van der Waals surface area contributed by atoms with Gasteiger partial charge in [0.15, 0.2) is 10.8 Å². The van der Waals surface area contributed by atoms with Gasteiger partial charge in [-0.25, -0.2) is 19.3 Å². The first kappa shape index (κ1) is 12.8. The third-order valence-corrected chi connectivity index (χ3v) is 4.04. The van der Waals surface area contributed by atoms with Gasteiger partial charge in [0.05, 0.1) is 16.5 Å². The fourth-order valence-corrected chi connectivity index (χ4v) is 2.95. The number of carbonyl (C=O) groups is 1. The first-order valence-electron chi connectivity index (χ1n) is 6.37. The van der Waals surface area contributed by atoms with Crippen LogP contribution < -0.4 is 5.32 Å². The van der Waals surface area contributed by atoms with Crippen molar-refractivity contribution >= 4 is 43.8 Å². The van der Waals surface area contributed by atoms with E-state index in [0.29, 0.717) is 15.5 Å². The normalized spacial score (nSPS) is 11.1. The van der Waals surface area contributed by atoms with E-state index in [-0.39, 0.29) is 11.2 Å². The Kier molecular flexibility index (Phi) is 2.83. The highest BCUT2D eigenvalue weighted by atomic mass is 32.1. The Morgan fingerprint density at radius 2 is 2.14 bits per heavy atom. The van der Waals surface area contributed by atoms with Crippen LogP contribution in [0.4, 0.5) is 9.52 Å². The largest absolute Gasteiger partial charge is 0.343 e. The van der Waals surface area contributed by atoms with Crippen molar-refractivity contribution in [2.75, 3.05) is 5.32 Å². The molecule has 1 amide bonds. The molecule has 108 valence electrons. The zero-order valence-corrected chi connectivity index (χ0v) is 11.8.